The lowest BCUT2D eigenvalue weighted by atomic mass is 9.85. The SMILES string of the molecule is COc1ccc(-n2c(C)nnc2SCC(=O)N(C)C2CCCCC2C)cc1. The third kappa shape index (κ3) is 4.46. The van der Waals surface area contributed by atoms with Gasteiger partial charge in [-0.3, -0.25) is 9.36 Å². The van der Waals surface area contributed by atoms with Gasteiger partial charge in [-0.15, -0.1) is 10.2 Å². The van der Waals surface area contributed by atoms with E-state index in [1.807, 2.05) is 47.7 Å². The molecule has 1 amide bonds. The molecular formula is C20H28N4O2S. The van der Waals surface area contributed by atoms with Crippen molar-refractivity contribution in [3.63, 3.8) is 0 Å². The summed E-state index contributed by atoms with van der Waals surface area (Å²) in [5, 5.41) is 9.20. The number of carbonyl (C=O) groups excluding carboxylic acids is 1. The standard InChI is InChI=1S/C20H28N4O2S/c1-14-7-5-6-8-18(14)23(3)19(25)13-27-20-22-21-15(2)24(20)16-9-11-17(26-4)12-10-16/h9-12,14,18H,5-8,13H2,1-4H3. The Morgan fingerprint density at radius 1 is 1.26 bits per heavy atom. The minimum atomic E-state index is 0.153. The summed E-state index contributed by atoms with van der Waals surface area (Å²) >= 11 is 1.44. The third-order valence-corrected chi connectivity index (χ3v) is 6.32. The molecule has 1 fully saturated rings. The van der Waals surface area contributed by atoms with Gasteiger partial charge in [0.15, 0.2) is 5.16 Å². The number of thioether (sulfide) groups is 1. The zero-order valence-electron chi connectivity index (χ0n) is 16.5. The van der Waals surface area contributed by atoms with Crippen LogP contribution < -0.4 is 4.74 Å². The Kier molecular flexibility index (Phi) is 6.42. The van der Waals surface area contributed by atoms with E-state index in [2.05, 4.69) is 17.1 Å². The molecule has 7 heteroatoms. The minimum Gasteiger partial charge on any atom is -0.497 e. The average molecular weight is 389 g/mol. The molecule has 1 saturated carbocycles. The Labute approximate surface area is 165 Å². The summed E-state index contributed by atoms with van der Waals surface area (Å²) in [7, 11) is 3.59. The highest BCUT2D eigenvalue weighted by Crippen LogP contribution is 2.29. The van der Waals surface area contributed by atoms with Gasteiger partial charge in [0.2, 0.25) is 5.91 Å². The van der Waals surface area contributed by atoms with Crippen molar-refractivity contribution in [2.24, 2.45) is 5.92 Å². The van der Waals surface area contributed by atoms with Gasteiger partial charge < -0.3 is 9.64 Å². The van der Waals surface area contributed by atoms with Gasteiger partial charge in [0.05, 0.1) is 12.9 Å². The van der Waals surface area contributed by atoms with Crippen molar-refractivity contribution in [1.29, 1.82) is 0 Å². The molecule has 1 aliphatic rings. The van der Waals surface area contributed by atoms with Gasteiger partial charge in [-0.2, -0.15) is 0 Å². The first kappa shape index (κ1) is 19.7. The molecule has 1 aliphatic carbocycles. The van der Waals surface area contributed by atoms with E-state index in [1.165, 1.54) is 31.0 Å². The molecule has 27 heavy (non-hydrogen) atoms. The van der Waals surface area contributed by atoms with E-state index in [0.717, 1.165) is 28.8 Å². The number of nitrogens with zero attached hydrogens (tertiary/aromatic N) is 4. The van der Waals surface area contributed by atoms with Gasteiger partial charge in [0.1, 0.15) is 11.6 Å². The van der Waals surface area contributed by atoms with E-state index in [4.69, 9.17) is 4.74 Å². The molecule has 3 rings (SSSR count). The number of aromatic nitrogens is 3. The molecule has 2 atom stereocenters. The molecule has 1 heterocycles. The Balaban J connectivity index is 1.68. The number of carbonyl (C=O) groups is 1. The smallest absolute Gasteiger partial charge is 0.233 e. The van der Waals surface area contributed by atoms with E-state index in [-0.39, 0.29) is 5.91 Å². The molecule has 146 valence electrons. The highest BCUT2D eigenvalue weighted by Gasteiger charge is 2.28. The Hall–Kier alpha value is -2.02. The lowest BCUT2D eigenvalue weighted by Gasteiger charge is -2.36. The number of benzene rings is 1. The molecule has 0 N–H and O–H groups in total. The second-order valence-electron chi connectivity index (χ2n) is 7.19. The zero-order valence-corrected chi connectivity index (χ0v) is 17.3. The fraction of sp³-hybridized carbons (Fsp3) is 0.550. The van der Waals surface area contributed by atoms with Crippen LogP contribution in [0.2, 0.25) is 0 Å². The van der Waals surface area contributed by atoms with Gasteiger partial charge in [0.25, 0.3) is 0 Å². The average Bonchev–Trinajstić information content (AvgIpc) is 3.06. The molecule has 0 radical (unpaired) electrons. The van der Waals surface area contributed by atoms with E-state index in [9.17, 15) is 4.79 Å². The van der Waals surface area contributed by atoms with Crippen molar-refractivity contribution in [1.82, 2.24) is 19.7 Å². The number of hydrogen-bond donors (Lipinski definition) is 0. The number of ether oxygens (including phenoxy) is 1. The first-order chi connectivity index (χ1) is 13.0. The summed E-state index contributed by atoms with van der Waals surface area (Å²) in [6.45, 7) is 4.17. The first-order valence-electron chi connectivity index (χ1n) is 9.46. The highest BCUT2D eigenvalue weighted by atomic mass is 32.2. The van der Waals surface area contributed by atoms with E-state index in [1.54, 1.807) is 7.11 Å². The largest absolute Gasteiger partial charge is 0.497 e. The number of aryl methyl sites for hydroxylation is 1. The summed E-state index contributed by atoms with van der Waals surface area (Å²) in [6, 6.07) is 8.11. The normalized spacial score (nSPS) is 19.7. The number of hydrogen-bond acceptors (Lipinski definition) is 5. The fourth-order valence-corrected chi connectivity index (χ4v) is 4.67. The first-order valence-corrected chi connectivity index (χ1v) is 10.4. The summed E-state index contributed by atoms with van der Waals surface area (Å²) in [6.07, 6.45) is 4.80. The van der Waals surface area contributed by atoms with Crippen LogP contribution in [0.5, 0.6) is 5.75 Å². The topological polar surface area (TPSA) is 60.2 Å². The lowest BCUT2D eigenvalue weighted by Crippen LogP contribution is -2.43. The fourth-order valence-electron chi connectivity index (χ4n) is 3.75. The van der Waals surface area contributed by atoms with Crippen LogP contribution >= 0.6 is 11.8 Å². The van der Waals surface area contributed by atoms with E-state index >= 15 is 0 Å². The second kappa shape index (κ2) is 8.78. The number of methoxy groups -OCH3 is 1. The maximum absolute atomic E-state index is 12.7. The summed E-state index contributed by atoms with van der Waals surface area (Å²) < 4.78 is 7.20. The lowest BCUT2D eigenvalue weighted by molar-refractivity contribution is -0.130. The van der Waals surface area contributed by atoms with Gasteiger partial charge in [0, 0.05) is 18.8 Å². The molecule has 1 aromatic carbocycles. The maximum atomic E-state index is 12.7. The molecular weight excluding hydrogens is 360 g/mol. The van der Waals surface area contributed by atoms with Crippen LogP contribution in [0, 0.1) is 12.8 Å². The predicted octanol–water partition coefficient (Wildman–Crippen LogP) is 3.71. The van der Waals surface area contributed by atoms with Crippen LogP contribution in [0.4, 0.5) is 0 Å². The van der Waals surface area contributed by atoms with E-state index in [0.29, 0.717) is 17.7 Å². The van der Waals surface area contributed by atoms with Gasteiger partial charge in [-0.1, -0.05) is 31.5 Å². The molecule has 0 bridgehead atoms. The summed E-state index contributed by atoms with van der Waals surface area (Å²) in [4.78, 5) is 14.7. The molecule has 0 saturated heterocycles. The second-order valence-corrected chi connectivity index (χ2v) is 8.13. The van der Waals surface area contributed by atoms with Crippen LogP contribution in [0.1, 0.15) is 38.4 Å². The Morgan fingerprint density at radius 2 is 1.96 bits per heavy atom. The predicted molar refractivity (Wildman–Crippen MR) is 108 cm³/mol. The molecule has 0 spiro atoms. The van der Waals surface area contributed by atoms with Crippen molar-refractivity contribution < 1.29 is 9.53 Å². The van der Waals surface area contributed by atoms with Crippen molar-refractivity contribution in [2.45, 2.75) is 50.7 Å². The molecule has 2 aromatic rings. The maximum Gasteiger partial charge on any atom is 0.233 e. The molecule has 6 nitrogen and oxygen atoms in total. The van der Waals surface area contributed by atoms with Gasteiger partial charge in [-0.05, 0) is 49.9 Å². The number of rotatable bonds is 6. The molecule has 2 unspecified atom stereocenters. The van der Waals surface area contributed by atoms with Crippen LogP contribution in [0.25, 0.3) is 5.69 Å². The van der Waals surface area contributed by atoms with Crippen molar-refractivity contribution in [2.75, 3.05) is 19.9 Å². The van der Waals surface area contributed by atoms with Crippen LogP contribution in [0.15, 0.2) is 29.4 Å². The van der Waals surface area contributed by atoms with E-state index < -0.39 is 0 Å². The third-order valence-electron chi connectivity index (χ3n) is 5.41. The Morgan fingerprint density at radius 3 is 2.63 bits per heavy atom. The minimum absolute atomic E-state index is 0.153. The van der Waals surface area contributed by atoms with Crippen LogP contribution in [0.3, 0.4) is 0 Å². The molecule has 0 aliphatic heterocycles. The Bertz CT molecular complexity index is 775. The van der Waals surface area contributed by atoms with Crippen molar-refractivity contribution >= 4 is 17.7 Å². The highest BCUT2D eigenvalue weighted by molar-refractivity contribution is 7.99. The van der Waals surface area contributed by atoms with Crippen molar-refractivity contribution in [3.05, 3.63) is 30.1 Å². The quantitative estimate of drug-likeness (QED) is 0.706. The van der Waals surface area contributed by atoms with Gasteiger partial charge in [-0.25, -0.2) is 0 Å². The van der Waals surface area contributed by atoms with Gasteiger partial charge >= 0.3 is 0 Å². The zero-order chi connectivity index (χ0) is 19.4. The molecule has 1 aromatic heterocycles. The summed E-state index contributed by atoms with van der Waals surface area (Å²) in [5.74, 6) is 2.69. The number of amides is 1. The van der Waals surface area contributed by atoms with Crippen molar-refractivity contribution in [3.8, 4) is 11.4 Å². The summed E-state index contributed by atoms with van der Waals surface area (Å²) in [5.41, 5.74) is 0.961. The van der Waals surface area contributed by atoms with Crippen LogP contribution in [-0.2, 0) is 4.79 Å². The van der Waals surface area contributed by atoms with Crippen LogP contribution in [-0.4, -0.2) is 51.5 Å². The monoisotopic (exact) mass is 388 g/mol.